The van der Waals surface area contributed by atoms with Crippen LogP contribution in [-0.2, 0) is 9.53 Å². The van der Waals surface area contributed by atoms with Crippen LogP contribution in [0.4, 0.5) is 0 Å². The second-order valence-electron chi connectivity index (χ2n) is 3.43. The quantitative estimate of drug-likeness (QED) is 0.607. The van der Waals surface area contributed by atoms with E-state index in [4.69, 9.17) is 0 Å². The van der Waals surface area contributed by atoms with Gasteiger partial charge in [-0.25, -0.2) is 0 Å². The Hall–Kier alpha value is -1.09. The summed E-state index contributed by atoms with van der Waals surface area (Å²) in [5.41, 5.74) is 1.16. The minimum Gasteiger partial charge on any atom is -0.469 e. The molecule has 0 aliphatic rings. The van der Waals surface area contributed by atoms with Gasteiger partial charge in [0, 0.05) is 10.9 Å². The molecular weight excluding hydrogens is 268 g/mol. The Balaban J connectivity index is 2.30. The van der Waals surface area contributed by atoms with Gasteiger partial charge in [0.15, 0.2) is 0 Å². The molecule has 1 aromatic carbocycles. The van der Waals surface area contributed by atoms with Crippen LogP contribution >= 0.6 is 15.9 Å². The number of hydrogen-bond donors (Lipinski definition) is 0. The van der Waals surface area contributed by atoms with E-state index in [1.165, 1.54) is 7.11 Å². The summed E-state index contributed by atoms with van der Waals surface area (Å²) in [6.45, 7) is 0. The first-order valence-corrected chi connectivity index (χ1v) is 6.00. The van der Waals surface area contributed by atoms with Crippen molar-refractivity contribution < 1.29 is 9.53 Å². The summed E-state index contributed by atoms with van der Waals surface area (Å²) in [6, 6.07) is 8.09. The molecule has 16 heavy (non-hydrogen) atoms. The van der Waals surface area contributed by atoms with Crippen molar-refractivity contribution in [2.24, 2.45) is 0 Å². The Bertz CT molecular complexity index is 372. The second kappa shape index (κ2) is 7.23. The minimum atomic E-state index is -0.143. The summed E-state index contributed by atoms with van der Waals surface area (Å²) in [6.07, 6.45) is 6.34. The average Bonchev–Trinajstić information content (AvgIpc) is 2.28. The zero-order chi connectivity index (χ0) is 11.8. The number of ether oxygens (including phenoxy) is 1. The van der Waals surface area contributed by atoms with E-state index in [0.29, 0.717) is 6.42 Å². The molecule has 0 aliphatic carbocycles. The zero-order valence-electron chi connectivity index (χ0n) is 9.28. The highest BCUT2D eigenvalue weighted by Gasteiger charge is 1.96. The number of halogens is 1. The van der Waals surface area contributed by atoms with Crippen LogP contribution < -0.4 is 0 Å². The number of unbranched alkanes of at least 4 members (excludes halogenated alkanes) is 1. The van der Waals surface area contributed by atoms with Crippen molar-refractivity contribution >= 4 is 28.0 Å². The van der Waals surface area contributed by atoms with Gasteiger partial charge in [0.2, 0.25) is 0 Å². The Morgan fingerprint density at radius 1 is 1.50 bits per heavy atom. The third-order valence-electron chi connectivity index (χ3n) is 2.14. The van der Waals surface area contributed by atoms with E-state index in [2.05, 4.69) is 38.9 Å². The molecule has 0 saturated carbocycles. The molecule has 0 saturated heterocycles. The van der Waals surface area contributed by atoms with Crippen LogP contribution in [0.5, 0.6) is 0 Å². The highest BCUT2D eigenvalue weighted by Crippen LogP contribution is 2.13. The van der Waals surface area contributed by atoms with Gasteiger partial charge in [-0.15, -0.1) is 0 Å². The molecule has 0 fully saturated rings. The van der Waals surface area contributed by atoms with E-state index in [1.807, 2.05) is 18.2 Å². The zero-order valence-corrected chi connectivity index (χ0v) is 10.9. The standard InChI is InChI=1S/C13H15BrO2/c1-16-13(15)9-4-2-3-6-11-7-5-8-12(14)10-11/h3,5-8,10H,2,4,9H2,1H3. The molecule has 0 spiro atoms. The van der Waals surface area contributed by atoms with E-state index in [-0.39, 0.29) is 5.97 Å². The molecule has 1 rings (SSSR count). The van der Waals surface area contributed by atoms with Gasteiger partial charge < -0.3 is 4.74 Å². The van der Waals surface area contributed by atoms with Crippen LogP contribution in [0.1, 0.15) is 24.8 Å². The van der Waals surface area contributed by atoms with Crippen molar-refractivity contribution in [3.63, 3.8) is 0 Å². The van der Waals surface area contributed by atoms with Gasteiger partial charge in [-0.2, -0.15) is 0 Å². The minimum absolute atomic E-state index is 0.143. The first-order chi connectivity index (χ1) is 7.72. The van der Waals surface area contributed by atoms with Crippen LogP contribution in [0, 0.1) is 0 Å². The number of hydrogen-bond acceptors (Lipinski definition) is 2. The molecular formula is C13H15BrO2. The number of carbonyl (C=O) groups excluding carboxylic acids is 1. The third-order valence-corrected chi connectivity index (χ3v) is 2.63. The first-order valence-electron chi connectivity index (χ1n) is 5.21. The smallest absolute Gasteiger partial charge is 0.305 e. The highest BCUT2D eigenvalue weighted by atomic mass is 79.9. The predicted molar refractivity (Wildman–Crippen MR) is 69.0 cm³/mol. The molecule has 86 valence electrons. The van der Waals surface area contributed by atoms with Gasteiger partial charge in [-0.1, -0.05) is 40.2 Å². The fraction of sp³-hybridized carbons (Fsp3) is 0.308. The van der Waals surface area contributed by atoms with Gasteiger partial charge in [0.1, 0.15) is 0 Å². The van der Waals surface area contributed by atoms with Crippen molar-refractivity contribution in [1.82, 2.24) is 0 Å². The summed E-state index contributed by atoms with van der Waals surface area (Å²) in [5, 5.41) is 0. The molecule has 0 aromatic heterocycles. The number of methoxy groups -OCH3 is 1. The Morgan fingerprint density at radius 3 is 3.00 bits per heavy atom. The summed E-state index contributed by atoms with van der Waals surface area (Å²) in [7, 11) is 1.42. The lowest BCUT2D eigenvalue weighted by molar-refractivity contribution is -0.140. The molecule has 0 amide bonds. The van der Waals surface area contributed by atoms with Crippen molar-refractivity contribution in [3.05, 3.63) is 40.4 Å². The molecule has 0 N–H and O–H groups in total. The van der Waals surface area contributed by atoms with E-state index in [1.54, 1.807) is 0 Å². The normalized spacial score (nSPS) is 10.6. The van der Waals surface area contributed by atoms with E-state index >= 15 is 0 Å². The Kier molecular flexibility index (Phi) is 5.86. The van der Waals surface area contributed by atoms with Crippen molar-refractivity contribution in [2.75, 3.05) is 7.11 Å². The van der Waals surface area contributed by atoms with Crippen LogP contribution in [-0.4, -0.2) is 13.1 Å². The number of rotatable bonds is 5. The Labute approximate surface area is 104 Å². The molecule has 0 bridgehead atoms. The van der Waals surface area contributed by atoms with Crippen LogP contribution in [0.3, 0.4) is 0 Å². The molecule has 0 radical (unpaired) electrons. The second-order valence-corrected chi connectivity index (χ2v) is 4.34. The number of carbonyl (C=O) groups is 1. The molecule has 3 heteroatoms. The lowest BCUT2D eigenvalue weighted by Crippen LogP contribution is -1.98. The average molecular weight is 283 g/mol. The van der Waals surface area contributed by atoms with Gasteiger partial charge >= 0.3 is 5.97 Å². The van der Waals surface area contributed by atoms with Crippen molar-refractivity contribution in [2.45, 2.75) is 19.3 Å². The molecule has 0 aliphatic heterocycles. The van der Waals surface area contributed by atoms with Gasteiger partial charge in [-0.05, 0) is 30.5 Å². The maximum absolute atomic E-state index is 10.8. The van der Waals surface area contributed by atoms with Gasteiger partial charge in [-0.3, -0.25) is 4.79 Å². The summed E-state index contributed by atoms with van der Waals surface area (Å²) in [5.74, 6) is -0.143. The number of allylic oxidation sites excluding steroid dienone is 1. The molecule has 0 heterocycles. The largest absolute Gasteiger partial charge is 0.469 e. The molecule has 1 aromatic rings. The first kappa shape index (κ1) is 13.0. The van der Waals surface area contributed by atoms with Gasteiger partial charge in [0.25, 0.3) is 0 Å². The maximum atomic E-state index is 10.8. The SMILES string of the molecule is COC(=O)CCCC=Cc1cccc(Br)c1. The predicted octanol–water partition coefficient (Wildman–Crippen LogP) is 3.81. The third kappa shape index (κ3) is 5.12. The summed E-state index contributed by atoms with van der Waals surface area (Å²) < 4.78 is 5.63. The van der Waals surface area contributed by atoms with E-state index in [0.717, 1.165) is 22.9 Å². The maximum Gasteiger partial charge on any atom is 0.305 e. The summed E-state index contributed by atoms with van der Waals surface area (Å²) in [4.78, 5) is 10.8. The van der Waals surface area contributed by atoms with Crippen LogP contribution in [0.25, 0.3) is 6.08 Å². The topological polar surface area (TPSA) is 26.3 Å². The lowest BCUT2D eigenvalue weighted by Gasteiger charge is -1.96. The van der Waals surface area contributed by atoms with Gasteiger partial charge in [0.05, 0.1) is 7.11 Å². The fourth-order valence-corrected chi connectivity index (χ4v) is 1.71. The number of esters is 1. The van der Waals surface area contributed by atoms with Crippen LogP contribution in [0.15, 0.2) is 34.8 Å². The highest BCUT2D eigenvalue weighted by molar-refractivity contribution is 9.10. The van der Waals surface area contributed by atoms with Crippen molar-refractivity contribution in [3.8, 4) is 0 Å². The van der Waals surface area contributed by atoms with Crippen molar-refractivity contribution in [1.29, 1.82) is 0 Å². The summed E-state index contributed by atoms with van der Waals surface area (Å²) >= 11 is 3.42. The molecule has 0 unspecified atom stereocenters. The van der Waals surface area contributed by atoms with E-state index < -0.39 is 0 Å². The van der Waals surface area contributed by atoms with Crippen LogP contribution in [0.2, 0.25) is 0 Å². The molecule has 2 nitrogen and oxygen atoms in total. The van der Waals surface area contributed by atoms with E-state index in [9.17, 15) is 4.79 Å². The monoisotopic (exact) mass is 282 g/mol. The lowest BCUT2D eigenvalue weighted by atomic mass is 10.1. The fourth-order valence-electron chi connectivity index (χ4n) is 1.30. The number of benzene rings is 1. The molecule has 0 atom stereocenters. The Morgan fingerprint density at radius 2 is 2.31 bits per heavy atom.